The molecule has 1 N–H and O–H groups in total. The molecule has 0 saturated carbocycles. The van der Waals surface area contributed by atoms with E-state index >= 15 is 0 Å². The van der Waals surface area contributed by atoms with Gasteiger partial charge in [-0.3, -0.25) is 9.10 Å². The van der Waals surface area contributed by atoms with Crippen LogP contribution in [0.4, 0.5) is 5.69 Å². The van der Waals surface area contributed by atoms with E-state index in [9.17, 15) is 13.2 Å². The van der Waals surface area contributed by atoms with E-state index in [-0.39, 0.29) is 22.9 Å². The fourth-order valence-electron chi connectivity index (χ4n) is 3.92. The van der Waals surface area contributed by atoms with Gasteiger partial charge in [0.05, 0.1) is 16.6 Å². The zero-order chi connectivity index (χ0) is 21.3. The van der Waals surface area contributed by atoms with Gasteiger partial charge in [0.15, 0.2) is 0 Å². The Balaban J connectivity index is 1.59. The van der Waals surface area contributed by atoms with Gasteiger partial charge in [-0.15, -0.1) is 0 Å². The first-order valence-corrected chi connectivity index (χ1v) is 11.4. The number of nitrogens with zero attached hydrogens (tertiary/aromatic N) is 1. The molecule has 0 radical (unpaired) electrons. The average Bonchev–Trinajstić information content (AvgIpc) is 3.10. The molecule has 0 aromatic heterocycles. The predicted octanol–water partition coefficient (Wildman–Crippen LogP) is 4.32. The summed E-state index contributed by atoms with van der Waals surface area (Å²) >= 11 is 0. The Kier molecular flexibility index (Phi) is 5.35. The molecule has 1 aliphatic rings. The number of carbonyl (C=O) groups excluding carboxylic acids is 1. The van der Waals surface area contributed by atoms with E-state index in [0.29, 0.717) is 17.7 Å². The van der Waals surface area contributed by atoms with Crippen LogP contribution in [0.2, 0.25) is 0 Å². The first-order valence-electron chi connectivity index (χ1n) is 9.96. The van der Waals surface area contributed by atoms with E-state index in [2.05, 4.69) is 5.32 Å². The van der Waals surface area contributed by atoms with Gasteiger partial charge in [-0.2, -0.15) is 0 Å². The van der Waals surface area contributed by atoms with Crippen molar-refractivity contribution in [3.63, 3.8) is 0 Å². The van der Waals surface area contributed by atoms with Crippen LogP contribution in [0.25, 0.3) is 0 Å². The molecular formula is C24H24N2O3S. The highest BCUT2D eigenvalue weighted by molar-refractivity contribution is 7.92. The molecule has 0 unspecified atom stereocenters. The van der Waals surface area contributed by atoms with Gasteiger partial charge < -0.3 is 5.32 Å². The lowest BCUT2D eigenvalue weighted by molar-refractivity contribution is 0.0940. The molecule has 2 atom stereocenters. The standard InChI is InChI=1S/C24H24N2O3S/c1-17-15-21-16-20(24(27)25-18(2)19-9-5-3-6-10-19)13-14-23(21)26(17)30(28,29)22-11-7-4-8-12-22/h3-14,16-18H,15H2,1-2H3,(H,25,27)/t17-,18+/m0/s1. The van der Waals surface area contributed by atoms with Crippen molar-refractivity contribution in [3.05, 3.63) is 95.6 Å². The second kappa shape index (κ2) is 7.95. The van der Waals surface area contributed by atoms with E-state index < -0.39 is 10.0 Å². The van der Waals surface area contributed by atoms with Gasteiger partial charge in [0.1, 0.15) is 0 Å². The van der Waals surface area contributed by atoms with Crippen molar-refractivity contribution >= 4 is 21.6 Å². The molecule has 1 heterocycles. The first kappa shape index (κ1) is 20.2. The normalized spacial score (nSPS) is 16.7. The van der Waals surface area contributed by atoms with Crippen LogP contribution in [-0.2, 0) is 16.4 Å². The van der Waals surface area contributed by atoms with Crippen LogP contribution in [0.5, 0.6) is 0 Å². The van der Waals surface area contributed by atoms with Crippen molar-refractivity contribution in [3.8, 4) is 0 Å². The Labute approximate surface area is 177 Å². The summed E-state index contributed by atoms with van der Waals surface area (Å²) in [4.78, 5) is 13.0. The maximum atomic E-state index is 13.2. The number of anilines is 1. The minimum absolute atomic E-state index is 0.124. The predicted molar refractivity (Wildman–Crippen MR) is 118 cm³/mol. The summed E-state index contributed by atoms with van der Waals surface area (Å²) in [5, 5.41) is 3.01. The number of fused-ring (bicyclic) bond motifs is 1. The molecule has 5 nitrogen and oxygen atoms in total. The minimum atomic E-state index is -3.66. The topological polar surface area (TPSA) is 66.5 Å². The van der Waals surface area contributed by atoms with Gasteiger partial charge in [-0.1, -0.05) is 48.5 Å². The van der Waals surface area contributed by atoms with Crippen LogP contribution in [0.15, 0.2) is 83.8 Å². The maximum Gasteiger partial charge on any atom is 0.264 e. The van der Waals surface area contributed by atoms with Gasteiger partial charge in [-0.25, -0.2) is 8.42 Å². The van der Waals surface area contributed by atoms with E-state index in [0.717, 1.165) is 11.1 Å². The zero-order valence-electron chi connectivity index (χ0n) is 16.9. The van der Waals surface area contributed by atoms with Gasteiger partial charge >= 0.3 is 0 Å². The van der Waals surface area contributed by atoms with Gasteiger partial charge in [0, 0.05) is 11.6 Å². The average molecular weight is 421 g/mol. The van der Waals surface area contributed by atoms with Crippen LogP contribution in [0, 0.1) is 0 Å². The van der Waals surface area contributed by atoms with Gasteiger partial charge in [0.2, 0.25) is 0 Å². The van der Waals surface area contributed by atoms with Crippen molar-refractivity contribution in [2.45, 2.75) is 37.2 Å². The fraction of sp³-hybridized carbons (Fsp3) is 0.208. The number of carbonyl (C=O) groups is 1. The molecule has 1 amide bonds. The van der Waals surface area contributed by atoms with Gasteiger partial charge in [0.25, 0.3) is 15.9 Å². The van der Waals surface area contributed by atoms with Crippen LogP contribution in [0.1, 0.15) is 41.4 Å². The Morgan fingerprint density at radius 1 is 1.00 bits per heavy atom. The molecular weight excluding hydrogens is 396 g/mol. The third kappa shape index (κ3) is 3.71. The molecule has 3 aromatic rings. The minimum Gasteiger partial charge on any atom is -0.346 e. The summed E-state index contributed by atoms with van der Waals surface area (Å²) in [5.74, 6) is -0.175. The van der Waals surface area contributed by atoms with Crippen LogP contribution < -0.4 is 9.62 Å². The Bertz CT molecular complexity index is 1160. The van der Waals surface area contributed by atoms with Crippen molar-refractivity contribution in [2.75, 3.05) is 4.31 Å². The summed E-state index contributed by atoms with van der Waals surface area (Å²) in [5.41, 5.74) is 3.06. The molecule has 30 heavy (non-hydrogen) atoms. The van der Waals surface area contributed by atoms with E-state index in [1.54, 1.807) is 48.5 Å². The molecule has 0 saturated heterocycles. The lowest BCUT2D eigenvalue weighted by atomic mass is 10.0. The third-order valence-corrected chi connectivity index (χ3v) is 7.38. The number of hydrogen-bond donors (Lipinski definition) is 1. The largest absolute Gasteiger partial charge is 0.346 e. The lowest BCUT2D eigenvalue weighted by Gasteiger charge is -2.24. The Hall–Kier alpha value is -3.12. The molecule has 3 aromatic carbocycles. The highest BCUT2D eigenvalue weighted by atomic mass is 32.2. The molecule has 0 spiro atoms. The van der Waals surface area contributed by atoms with Crippen molar-refractivity contribution in [1.82, 2.24) is 5.32 Å². The van der Waals surface area contributed by atoms with Crippen LogP contribution in [0.3, 0.4) is 0 Å². The van der Waals surface area contributed by atoms with E-state index in [1.807, 2.05) is 44.2 Å². The molecule has 1 aliphatic heterocycles. The Morgan fingerprint density at radius 2 is 1.63 bits per heavy atom. The second-order valence-electron chi connectivity index (χ2n) is 7.62. The second-order valence-corrected chi connectivity index (χ2v) is 9.43. The molecule has 0 aliphatic carbocycles. The summed E-state index contributed by atoms with van der Waals surface area (Å²) in [6, 6.07) is 23.1. The van der Waals surface area contributed by atoms with Crippen molar-refractivity contribution < 1.29 is 13.2 Å². The monoisotopic (exact) mass is 420 g/mol. The quantitative estimate of drug-likeness (QED) is 0.669. The van der Waals surface area contributed by atoms with Crippen molar-refractivity contribution in [2.24, 2.45) is 0 Å². The lowest BCUT2D eigenvalue weighted by Crippen LogP contribution is -2.35. The third-order valence-electron chi connectivity index (χ3n) is 5.44. The molecule has 154 valence electrons. The molecule has 0 fully saturated rings. The number of benzene rings is 3. The number of hydrogen-bond acceptors (Lipinski definition) is 3. The summed E-state index contributed by atoms with van der Waals surface area (Å²) < 4.78 is 27.8. The maximum absolute atomic E-state index is 13.2. The SMILES string of the molecule is C[C@@H](NC(=O)c1ccc2c(c1)C[C@H](C)N2S(=O)(=O)c1ccccc1)c1ccccc1. The molecule has 6 heteroatoms. The number of amides is 1. The molecule has 0 bridgehead atoms. The van der Waals surface area contributed by atoms with E-state index in [4.69, 9.17) is 0 Å². The number of nitrogens with one attached hydrogen (secondary N) is 1. The van der Waals surface area contributed by atoms with Gasteiger partial charge in [-0.05, 0) is 61.7 Å². The Morgan fingerprint density at radius 3 is 2.30 bits per heavy atom. The van der Waals surface area contributed by atoms with E-state index in [1.165, 1.54) is 4.31 Å². The first-order chi connectivity index (χ1) is 14.4. The zero-order valence-corrected chi connectivity index (χ0v) is 17.8. The number of sulfonamides is 1. The summed E-state index contributed by atoms with van der Waals surface area (Å²) in [7, 11) is -3.66. The van der Waals surface area contributed by atoms with Crippen LogP contribution >= 0.6 is 0 Å². The smallest absolute Gasteiger partial charge is 0.264 e. The van der Waals surface area contributed by atoms with Crippen molar-refractivity contribution in [1.29, 1.82) is 0 Å². The summed E-state index contributed by atoms with van der Waals surface area (Å²) in [6.07, 6.45) is 0.566. The molecule has 4 rings (SSSR count). The highest BCUT2D eigenvalue weighted by Gasteiger charge is 2.36. The fourth-order valence-corrected chi connectivity index (χ4v) is 5.63. The number of rotatable bonds is 5. The summed E-state index contributed by atoms with van der Waals surface area (Å²) in [6.45, 7) is 3.83. The highest BCUT2D eigenvalue weighted by Crippen LogP contribution is 2.37. The van der Waals surface area contributed by atoms with Crippen LogP contribution in [-0.4, -0.2) is 20.4 Å².